The topological polar surface area (TPSA) is 29.9 Å². The Morgan fingerprint density at radius 3 is 2.83 bits per heavy atom. The highest BCUT2D eigenvalue weighted by atomic mass is 32.1. The second kappa shape index (κ2) is 6.16. The molecular weight excluding hydrogens is 242 g/mol. The van der Waals surface area contributed by atoms with Crippen molar-refractivity contribution in [3.8, 4) is 0 Å². The van der Waals surface area contributed by atoms with E-state index in [0.29, 0.717) is 0 Å². The van der Waals surface area contributed by atoms with E-state index in [-0.39, 0.29) is 6.04 Å². The van der Waals surface area contributed by atoms with Crippen molar-refractivity contribution < 1.29 is 0 Å². The number of nitrogens with one attached hydrogen (secondary N) is 1. The first kappa shape index (κ1) is 13.3. The first-order valence-corrected chi connectivity index (χ1v) is 7.38. The van der Waals surface area contributed by atoms with Crippen molar-refractivity contribution >= 4 is 11.3 Å². The van der Waals surface area contributed by atoms with Crippen LogP contribution in [0.4, 0.5) is 0 Å². The van der Waals surface area contributed by atoms with Gasteiger partial charge in [0.15, 0.2) is 0 Å². The number of hydrogen-bond acceptors (Lipinski definition) is 3. The van der Waals surface area contributed by atoms with Crippen molar-refractivity contribution in [3.63, 3.8) is 0 Å². The Morgan fingerprint density at radius 1 is 1.39 bits per heavy atom. The Hall–Kier alpha value is -1.13. The van der Waals surface area contributed by atoms with Crippen LogP contribution >= 0.6 is 11.3 Å². The molecule has 0 radical (unpaired) electrons. The highest BCUT2D eigenvalue weighted by Gasteiger charge is 2.18. The van der Waals surface area contributed by atoms with E-state index >= 15 is 0 Å². The molecule has 2 heterocycles. The van der Waals surface area contributed by atoms with Crippen LogP contribution in [-0.4, -0.2) is 16.6 Å². The summed E-state index contributed by atoms with van der Waals surface area (Å²) in [5.41, 5.74) is 0. The van der Waals surface area contributed by atoms with Gasteiger partial charge in [-0.3, -0.25) is 0 Å². The smallest absolute Gasteiger partial charge is 0.131 e. The van der Waals surface area contributed by atoms with Crippen molar-refractivity contribution in [2.75, 3.05) is 7.05 Å². The fraction of sp³-hybridized carbons (Fsp3) is 0.500. The Kier molecular flexibility index (Phi) is 4.55. The third-order valence-corrected chi connectivity index (χ3v) is 4.37. The predicted octanol–water partition coefficient (Wildman–Crippen LogP) is 3.23. The van der Waals surface area contributed by atoms with Gasteiger partial charge in [-0.1, -0.05) is 13.8 Å². The van der Waals surface area contributed by atoms with E-state index in [4.69, 9.17) is 0 Å². The Balaban J connectivity index is 2.29. The molecule has 0 aliphatic rings. The molecule has 2 aromatic heterocycles. The first-order chi connectivity index (χ1) is 8.80. The number of imidazole rings is 1. The summed E-state index contributed by atoms with van der Waals surface area (Å²) in [6.45, 7) is 5.42. The molecule has 1 atom stereocenters. The molecule has 0 aliphatic heterocycles. The largest absolute Gasteiger partial charge is 0.333 e. The molecule has 1 unspecified atom stereocenters. The second-order valence-electron chi connectivity index (χ2n) is 4.36. The summed E-state index contributed by atoms with van der Waals surface area (Å²) in [5.74, 6) is 1.11. The molecule has 0 spiro atoms. The lowest BCUT2D eigenvalue weighted by molar-refractivity contribution is 0.573. The highest BCUT2D eigenvalue weighted by Crippen LogP contribution is 2.27. The van der Waals surface area contributed by atoms with Gasteiger partial charge in [-0.05, 0) is 32.0 Å². The fourth-order valence-corrected chi connectivity index (χ4v) is 3.21. The molecule has 0 aromatic carbocycles. The molecule has 0 fully saturated rings. The average Bonchev–Trinajstić information content (AvgIpc) is 3.01. The van der Waals surface area contributed by atoms with E-state index in [1.165, 1.54) is 9.75 Å². The highest BCUT2D eigenvalue weighted by molar-refractivity contribution is 7.12. The molecule has 0 bridgehead atoms. The maximum absolute atomic E-state index is 4.52. The monoisotopic (exact) mass is 263 g/mol. The summed E-state index contributed by atoms with van der Waals surface area (Å²) in [7, 11) is 2.00. The van der Waals surface area contributed by atoms with Crippen molar-refractivity contribution in [2.24, 2.45) is 0 Å². The van der Waals surface area contributed by atoms with Gasteiger partial charge in [0, 0.05) is 28.7 Å². The Labute approximate surface area is 113 Å². The van der Waals surface area contributed by atoms with Gasteiger partial charge in [-0.2, -0.15) is 0 Å². The Bertz CT molecular complexity index is 487. The van der Waals surface area contributed by atoms with Gasteiger partial charge >= 0.3 is 0 Å². The SMILES string of the molecule is CCCn1ccnc1C(NC)c1ccc(CC)s1. The zero-order chi connectivity index (χ0) is 13.0. The van der Waals surface area contributed by atoms with Gasteiger partial charge < -0.3 is 9.88 Å². The van der Waals surface area contributed by atoms with Gasteiger partial charge in [0.05, 0.1) is 0 Å². The van der Waals surface area contributed by atoms with Gasteiger partial charge in [-0.15, -0.1) is 11.3 Å². The van der Waals surface area contributed by atoms with Crippen molar-refractivity contribution in [1.29, 1.82) is 0 Å². The van der Waals surface area contributed by atoms with Gasteiger partial charge in [0.25, 0.3) is 0 Å². The lowest BCUT2D eigenvalue weighted by atomic mass is 10.2. The summed E-state index contributed by atoms with van der Waals surface area (Å²) < 4.78 is 2.24. The number of aryl methyl sites for hydroxylation is 2. The van der Waals surface area contributed by atoms with E-state index < -0.39 is 0 Å². The zero-order valence-corrected chi connectivity index (χ0v) is 12.1. The maximum Gasteiger partial charge on any atom is 0.131 e. The summed E-state index contributed by atoms with van der Waals surface area (Å²) in [6.07, 6.45) is 6.19. The molecule has 4 heteroatoms. The molecule has 0 saturated carbocycles. The quantitative estimate of drug-likeness (QED) is 0.867. The summed E-state index contributed by atoms with van der Waals surface area (Å²) >= 11 is 1.87. The van der Waals surface area contributed by atoms with Crippen LogP contribution in [-0.2, 0) is 13.0 Å². The van der Waals surface area contributed by atoms with Crippen LogP contribution in [0.2, 0.25) is 0 Å². The lowest BCUT2D eigenvalue weighted by Gasteiger charge is -2.16. The minimum atomic E-state index is 0.205. The van der Waals surface area contributed by atoms with Crippen molar-refractivity contribution in [2.45, 2.75) is 39.3 Å². The molecule has 18 heavy (non-hydrogen) atoms. The molecular formula is C14H21N3S. The summed E-state index contributed by atoms with van der Waals surface area (Å²) in [4.78, 5) is 7.30. The van der Waals surface area contributed by atoms with E-state index in [9.17, 15) is 0 Å². The molecule has 3 nitrogen and oxygen atoms in total. The van der Waals surface area contributed by atoms with Crippen LogP contribution in [0.5, 0.6) is 0 Å². The van der Waals surface area contributed by atoms with Crippen LogP contribution in [0, 0.1) is 0 Å². The van der Waals surface area contributed by atoms with Crippen LogP contribution < -0.4 is 5.32 Å². The Morgan fingerprint density at radius 2 is 2.22 bits per heavy atom. The lowest BCUT2D eigenvalue weighted by Crippen LogP contribution is -2.21. The number of nitrogens with zero attached hydrogens (tertiary/aromatic N) is 2. The van der Waals surface area contributed by atoms with Crippen LogP contribution in [0.25, 0.3) is 0 Å². The van der Waals surface area contributed by atoms with Crippen molar-refractivity contribution in [1.82, 2.24) is 14.9 Å². The fourth-order valence-electron chi connectivity index (χ4n) is 2.15. The normalized spacial score (nSPS) is 12.8. The maximum atomic E-state index is 4.52. The average molecular weight is 263 g/mol. The van der Waals surface area contributed by atoms with E-state index in [0.717, 1.165) is 25.2 Å². The van der Waals surface area contributed by atoms with E-state index in [1.54, 1.807) is 0 Å². The number of rotatable bonds is 6. The minimum Gasteiger partial charge on any atom is -0.333 e. The van der Waals surface area contributed by atoms with Gasteiger partial charge in [0.1, 0.15) is 11.9 Å². The minimum absolute atomic E-state index is 0.205. The molecule has 2 aromatic rings. The van der Waals surface area contributed by atoms with Crippen LogP contribution in [0.15, 0.2) is 24.5 Å². The third-order valence-electron chi connectivity index (χ3n) is 3.07. The number of thiophene rings is 1. The second-order valence-corrected chi connectivity index (χ2v) is 5.56. The number of hydrogen-bond donors (Lipinski definition) is 1. The molecule has 2 rings (SSSR count). The zero-order valence-electron chi connectivity index (χ0n) is 11.3. The van der Waals surface area contributed by atoms with E-state index in [2.05, 4.69) is 47.0 Å². The summed E-state index contributed by atoms with van der Waals surface area (Å²) in [6, 6.07) is 4.64. The summed E-state index contributed by atoms with van der Waals surface area (Å²) in [5, 5.41) is 3.38. The standard InChI is InChI=1S/C14H21N3S/c1-4-9-17-10-8-16-14(17)13(15-3)12-7-6-11(5-2)18-12/h6-8,10,13,15H,4-5,9H2,1-3H3. The first-order valence-electron chi connectivity index (χ1n) is 6.57. The predicted molar refractivity (Wildman–Crippen MR) is 77.1 cm³/mol. The van der Waals surface area contributed by atoms with Gasteiger partial charge in [-0.25, -0.2) is 4.98 Å². The van der Waals surface area contributed by atoms with Crippen LogP contribution in [0.1, 0.15) is 41.9 Å². The van der Waals surface area contributed by atoms with Crippen molar-refractivity contribution in [3.05, 3.63) is 40.1 Å². The molecule has 0 aliphatic carbocycles. The molecule has 0 saturated heterocycles. The molecule has 98 valence electrons. The van der Waals surface area contributed by atoms with Crippen LogP contribution in [0.3, 0.4) is 0 Å². The number of aromatic nitrogens is 2. The molecule has 0 amide bonds. The van der Waals surface area contributed by atoms with E-state index in [1.807, 2.05) is 24.6 Å². The van der Waals surface area contributed by atoms with Gasteiger partial charge in [0.2, 0.25) is 0 Å². The third kappa shape index (κ3) is 2.65. The molecule has 1 N–H and O–H groups in total.